The fourth-order valence-corrected chi connectivity index (χ4v) is 4.78. The number of nitrogen functional groups attached to an aromatic ring is 1. The lowest BCUT2D eigenvalue weighted by atomic mass is 9.86. The van der Waals surface area contributed by atoms with E-state index in [1.807, 2.05) is 6.07 Å². The van der Waals surface area contributed by atoms with E-state index >= 15 is 0 Å². The summed E-state index contributed by atoms with van der Waals surface area (Å²) in [7, 11) is 1.13. The van der Waals surface area contributed by atoms with Crippen LogP contribution in [0.3, 0.4) is 0 Å². The van der Waals surface area contributed by atoms with Crippen LogP contribution in [0, 0.1) is 11.7 Å². The number of amides is 1. The van der Waals surface area contributed by atoms with Crippen molar-refractivity contribution in [2.75, 3.05) is 18.2 Å². The van der Waals surface area contributed by atoms with E-state index in [4.69, 9.17) is 10.5 Å². The summed E-state index contributed by atoms with van der Waals surface area (Å²) in [5.74, 6) is -1.74. The van der Waals surface area contributed by atoms with Gasteiger partial charge in [-0.1, -0.05) is 17.4 Å². The van der Waals surface area contributed by atoms with Gasteiger partial charge in [-0.15, -0.1) is 33.6 Å². The monoisotopic (exact) mass is 538 g/mol. The lowest BCUT2D eigenvalue weighted by Gasteiger charge is -2.20. The predicted octanol–water partition coefficient (Wildman–Crippen LogP) is 4.70. The maximum atomic E-state index is 14.3. The number of carbonyl (C=O) groups is 1. The van der Waals surface area contributed by atoms with Gasteiger partial charge in [0.05, 0.1) is 5.69 Å². The van der Waals surface area contributed by atoms with Gasteiger partial charge < -0.3 is 15.2 Å². The number of hydrogen-bond acceptors (Lipinski definition) is 9. The molecule has 196 valence electrons. The van der Waals surface area contributed by atoms with Gasteiger partial charge in [-0.2, -0.15) is 0 Å². The van der Waals surface area contributed by atoms with Gasteiger partial charge in [0.25, 0.3) is 5.91 Å². The first kappa shape index (κ1) is 26.4. The summed E-state index contributed by atoms with van der Waals surface area (Å²) >= 11 is 1.16. The molecule has 0 saturated carbocycles. The van der Waals surface area contributed by atoms with E-state index in [1.54, 1.807) is 6.07 Å². The minimum absolute atomic E-state index is 0.161. The first-order valence-electron chi connectivity index (χ1n) is 11.1. The smallest absolute Gasteiger partial charge is 0.406 e. The molecule has 0 unspecified atom stereocenters. The number of nitrogens with zero attached hydrogens (tertiary/aromatic N) is 4. The van der Waals surface area contributed by atoms with Crippen molar-refractivity contribution in [3.05, 3.63) is 58.5 Å². The van der Waals surface area contributed by atoms with E-state index in [9.17, 15) is 22.4 Å². The van der Waals surface area contributed by atoms with E-state index in [2.05, 4.69) is 36.5 Å². The van der Waals surface area contributed by atoms with Crippen LogP contribution in [0.15, 0.2) is 36.4 Å². The van der Waals surface area contributed by atoms with Crippen LogP contribution >= 0.6 is 11.3 Å². The molecule has 2 aromatic heterocycles. The normalized spacial score (nSPS) is 16.7. The van der Waals surface area contributed by atoms with Crippen LogP contribution in [-0.2, 0) is 16.0 Å². The molecule has 0 saturated heterocycles. The predicted molar refractivity (Wildman–Crippen MR) is 127 cm³/mol. The number of benzene rings is 1. The summed E-state index contributed by atoms with van der Waals surface area (Å²) in [4.78, 5) is 12.7. The van der Waals surface area contributed by atoms with Gasteiger partial charge in [0.1, 0.15) is 22.4 Å². The Labute approximate surface area is 212 Å². The van der Waals surface area contributed by atoms with Crippen LogP contribution in [0.5, 0.6) is 5.75 Å². The standard InChI is InChI=1S/C23H22F4N6O3S/c1-35-20(15-11-14(6-7-16(15)24)36-23(25,26)27)21(34)29-22-33-32-19(37-22)10-12-2-4-13(5-3-12)17-8-9-18(28)31-30-17/h4,6-9,11-12,20H,2-3,5,10H2,1H3,(H2,28,31)(H,29,33,34)/t12-,20+/m1/s1. The molecule has 3 N–H and O–H groups in total. The van der Waals surface area contributed by atoms with Crippen molar-refractivity contribution in [1.29, 1.82) is 0 Å². The summed E-state index contributed by atoms with van der Waals surface area (Å²) < 4.78 is 60.8. The molecule has 9 nitrogen and oxygen atoms in total. The maximum absolute atomic E-state index is 14.3. The number of halogens is 4. The van der Waals surface area contributed by atoms with Gasteiger partial charge in [0, 0.05) is 19.1 Å². The molecule has 1 aliphatic rings. The molecule has 2 heterocycles. The first-order valence-corrected chi connectivity index (χ1v) is 11.9. The zero-order chi connectivity index (χ0) is 26.6. The second-order valence-corrected chi connectivity index (χ2v) is 9.32. The lowest BCUT2D eigenvalue weighted by molar-refractivity contribution is -0.274. The van der Waals surface area contributed by atoms with Gasteiger partial charge >= 0.3 is 6.36 Å². The zero-order valence-corrected chi connectivity index (χ0v) is 20.3. The molecular formula is C23H22F4N6O3S. The highest BCUT2D eigenvalue weighted by Gasteiger charge is 2.32. The number of ether oxygens (including phenoxy) is 2. The number of alkyl halides is 3. The van der Waals surface area contributed by atoms with Crippen molar-refractivity contribution in [2.45, 2.75) is 38.1 Å². The van der Waals surface area contributed by atoms with Gasteiger partial charge in [-0.25, -0.2) is 4.39 Å². The minimum atomic E-state index is -4.97. The van der Waals surface area contributed by atoms with Gasteiger partial charge in [0.15, 0.2) is 6.10 Å². The molecule has 1 aromatic carbocycles. The van der Waals surface area contributed by atoms with Gasteiger partial charge in [-0.05, 0) is 61.1 Å². The van der Waals surface area contributed by atoms with Crippen molar-refractivity contribution < 1.29 is 31.8 Å². The third-order valence-corrected chi connectivity index (χ3v) is 6.51. The SMILES string of the molecule is CO[C@H](C(=O)Nc1nnc(C[C@@H]2CC=C(c3ccc(N)nn3)CC2)s1)c1cc(OC(F)(F)F)ccc1F. The largest absolute Gasteiger partial charge is 0.573 e. The van der Waals surface area contributed by atoms with Crippen molar-refractivity contribution in [2.24, 2.45) is 5.92 Å². The summed E-state index contributed by atoms with van der Waals surface area (Å²) in [5.41, 5.74) is 7.08. The Morgan fingerprint density at radius 1 is 1.22 bits per heavy atom. The van der Waals surface area contributed by atoms with E-state index in [0.29, 0.717) is 23.2 Å². The number of carbonyl (C=O) groups excluding carboxylic acids is 1. The third kappa shape index (κ3) is 6.98. The molecule has 4 rings (SSSR count). The first-order chi connectivity index (χ1) is 17.6. The molecule has 1 amide bonds. The molecule has 14 heteroatoms. The molecule has 0 bridgehead atoms. The highest BCUT2D eigenvalue weighted by atomic mass is 32.1. The summed E-state index contributed by atoms with van der Waals surface area (Å²) in [6.07, 6.45) is -1.21. The van der Waals surface area contributed by atoms with Gasteiger partial charge in [0.2, 0.25) is 5.13 Å². The third-order valence-electron chi connectivity index (χ3n) is 5.65. The fraction of sp³-hybridized carbons (Fsp3) is 0.348. The van der Waals surface area contributed by atoms with Crippen LogP contribution in [0.25, 0.3) is 5.57 Å². The molecule has 0 fully saturated rings. The number of allylic oxidation sites excluding steroid dienone is 2. The van der Waals surface area contributed by atoms with E-state index in [0.717, 1.165) is 67.2 Å². The van der Waals surface area contributed by atoms with Crippen LogP contribution < -0.4 is 15.8 Å². The number of hydrogen-bond donors (Lipinski definition) is 2. The van der Waals surface area contributed by atoms with Crippen molar-refractivity contribution in [3.63, 3.8) is 0 Å². The Morgan fingerprint density at radius 2 is 2.03 bits per heavy atom. The molecule has 37 heavy (non-hydrogen) atoms. The number of rotatable bonds is 8. The molecule has 0 spiro atoms. The van der Waals surface area contributed by atoms with E-state index < -0.39 is 35.5 Å². The molecule has 0 radical (unpaired) electrons. The quantitative estimate of drug-likeness (QED) is 0.396. The Kier molecular flexibility index (Phi) is 7.97. The molecular weight excluding hydrogens is 516 g/mol. The molecule has 1 aliphatic carbocycles. The number of anilines is 2. The number of aromatic nitrogens is 4. The van der Waals surface area contributed by atoms with Crippen LogP contribution in [0.2, 0.25) is 0 Å². The highest BCUT2D eigenvalue weighted by molar-refractivity contribution is 7.15. The summed E-state index contributed by atoms with van der Waals surface area (Å²) in [6, 6.07) is 5.89. The Balaban J connectivity index is 1.37. The van der Waals surface area contributed by atoms with Crippen LogP contribution in [-0.4, -0.2) is 39.8 Å². The highest BCUT2D eigenvalue weighted by Crippen LogP contribution is 2.33. The fourth-order valence-electron chi connectivity index (χ4n) is 3.92. The van der Waals surface area contributed by atoms with Crippen molar-refractivity contribution >= 4 is 33.8 Å². The van der Waals surface area contributed by atoms with E-state index in [-0.39, 0.29) is 5.13 Å². The Bertz CT molecular complexity index is 1280. The Hall–Kier alpha value is -3.65. The second-order valence-electron chi connectivity index (χ2n) is 8.25. The molecule has 0 aliphatic heterocycles. The van der Waals surface area contributed by atoms with Crippen LogP contribution in [0.4, 0.5) is 28.5 Å². The molecule has 2 atom stereocenters. The maximum Gasteiger partial charge on any atom is 0.573 e. The number of nitrogens with one attached hydrogen (secondary N) is 1. The summed E-state index contributed by atoms with van der Waals surface area (Å²) in [5, 5.41) is 19.4. The zero-order valence-electron chi connectivity index (χ0n) is 19.5. The number of nitrogens with two attached hydrogens (primary N) is 1. The van der Waals surface area contributed by atoms with Crippen LogP contribution in [0.1, 0.15) is 41.6 Å². The Morgan fingerprint density at radius 3 is 2.68 bits per heavy atom. The van der Waals surface area contributed by atoms with Gasteiger partial charge in [-0.3, -0.25) is 10.1 Å². The average molecular weight is 539 g/mol. The second kappa shape index (κ2) is 11.2. The minimum Gasteiger partial charge on any atom is -0.406 e. The summed E-state index contributed by atoms with van der Waals surface area (Å²) in [6.45, 7) is 0. The number of methoxy groups -OCH3 is 1. The van der Waals surface area contributed by atoms with Crippen molar-refractivity contribution in [3.8, 4) is 5.75 Å². The average Bonchev–Trinajstić information content (AvgIpc) is 3.28. The van der Waals surface area contributed by atoms with E-state index in [1.165, 1.54) is 0 Å². The van der Waals surface area contributed by atoms with Crippen molar-refractivity contribution in [1.82, 2.24) is 20.4 Å². The molecule has 3 aromatic rings. The topological polar surface area (TPSA) is 125 Å². The lowest BCUT2D eigenvalue weighted by Crippen LogP contribution is -2.24.